The van der Waals surface area contributed by atoms with Crippen LogP contribution in [0.3, 0.4) is 0 Å². The van der Waals surface area contributed by atoms with Crippen molar-refractivity contribution in [1.29, 1.82) is 0 Å². The summed E-state index contributed by atoms with van der Waals surface area (Å²) in [5.41, 5.74) is 1.35. The number of rotatable bonds is 3. The fraction of sp³-hybridized carbons (Fsp3) is 0.700. The van der Waals surface area contributed by atoms with Crippen molar-refractivity contribution in [3.05, 3.63) is 22.5 Å². The monoisotopic (exact) mass is 312 g/mol. The molecule has 1 aromatic heterocycles. The zero-order valence-corrected chi connectivity index (χ0v) is 15.6. The molecule has 125 valence electrons. The van der Waals surface area contributed by atoms with Crippen LogP contribution in [0.1, 0.15) is 66.6 Å². The largest absolute Gasteiger partial charge is 0.462 e. The lowest BCUT2D eigenvalue weighted by molar-refractivity contribution is 0.178. The van der Waals surface area contributed by atoms with E-state index < -0.39 is 0 Å². The minimum atomic E-state index is 0.0777. The number of hydrogen-bond acceptors (Lipinski definition) is 2. The minimum absolute atomic E-state index is 0.0777. The second-order valence-electron chi connectivity index (χ2n) is 9.53. The molecule has 1 saturated carbocycles. The van der Waals surface area contributed by atoms with Crippen LogP contribution in [0.25, 0.3) is 12.1 Å². The van der Waals surface area contributed by atoms with E-state index in [1.54, 1.807) is 0 Å². The van der Waals surface area contributed by atoms with Gasteiger partial charge in [0.15, 0.2) is 7.28 Å². The molecule has 1 N–H and O–H groups in total. The van der Waals surface area contributed by atoms with Crippen LogP contribution in [0.5, 0.6) is 0 Å². The predicted molar refractivity (Wildman–Crippen MR) is 99.1 cm³/mol. The standard InChI is InChI=1S/C20H31BNO/c1-19(2,3)18-11-14-10-15(21-12-17(14)23-18)7-13-8-16(9-13)22-20(4,5)6/h10-13,15-16,22H,7-9H2,1-6H3. The van der Waals surface area contributed by atoms with Gasteiger partial charge in [-0.15, -0.1) is 0 Å². The summed E-state index contributed by atoms with van der Waals surface area (Å²) in [6.45, 7) is 13.4. The quantitative estimate of drug-likeness (QED) is 0.867. The van der Waals surface area contributed by atoms with Crippen molar-refractivity contribution in [3.8, 4) is 0 Å². The molecular weight excluding hydrogens is 281 g/mol. The Bertz CT molecular complexity index is 668. The van der Waals surface area contributed by atoms with Gasteiger partial charge in [0.2, 0.25) is 0 Å². The molecule has 1 unspecified atom stereocenters. The van der Waals surface area contributed by atoms with Crippen molar-refractivity contribution in [2.75, 3.05) is 0 Å². The smallest absolute Gasteiger partial charge is 0.154 e. The predicted octanol–water partition coefficient (Wildman–Crippen LogP) is 3.16. The van der Waals surface area contributed by atoms with Gasteiger partial charge in [0, 0.05) is 22.2 Å². The van der Waals surface area contributed by atoms with E-state index in [-0.39, 0.29) is 11.0 Å². The van der Waals surface area contributed by atoms with Crippen LogP contribution in [0.2, 0.25) is 5.82 Å². The molecule has 1 radical (unpaired) electrons. The van der Waals surface area contributed by atoms with E-state index in [1.807, 2.05) is 0 Å². The van der Waals surface area contributed by atoms with Gasteiger partial charge < -0.3 is 9.73 Å². The van der Waals surface area contributed by atoms with Crippen molar-refractivity contribution in [3.63, 3.8) is 0 Å². The summed E-state index contributed by atoms with van der Waals surface area (Å²) in [6.07, 6.45) is 6.31. The Labute approximate surface area is 141 Å². The van der Waals surface area contributed by atoms with Gasteiger partial charge in [-0.2, -0.15) is 0 Å². The Balaban J connectivity index is 1.59. The maximum absolute atomic E-state index is 6.01. The Morgan fingerprint density at radius 3 is 2.48 bits per heavy atom. The summed E-state index contributed by atoms with van der Waals surface area (Å²) in [5.74, 6) is 4.69. The average molecular weight is 312 g/mol. The maximum atomic E-state index is 6.01. The first-order valence-corrected chi connectivity index (χ1v) is 9.05. The molecule has 3 heteroatoms. The van der Waals surface area contributed by atoms with Crippen molar-refractivity contribution in [1.82, 2.24) is 5.32 Å². The van der Waals surface area contributed by atoms with Crippen LogP contribution in [0, 0.1) is 5.92 Å². The molecule has 0 aromatic carbocycles. The zero-order chi connectivity index (χ0) is 16.8. The van der Waals surface area contributed by atoms with Crippen LogP contribution >= 0.6 is 0 Å². The normalized spacial score (nSPS) is 27.3. The first kappa shape index (κ1) is 16.9. The van der Waals surface area contributed by atoms with Crippen molar-refractivity contribution < 1.29 is 4.42 Å². The number of hydrogen-bond donors (Lipinski definition) is 1. The molecule has 3 rings (SSSR count). The molecule has 2 nitrogen and oxygen atoms in total. The van der Waals surface area contributed by atoms with Crippen molar-refractivity contribution in [2.45, 2.75) is 83.6 Å². The van der Waals surface area contributed by atoms with Gasteiger partial charge in [0.05, 0.1) is 0 Å². The van der Waals surface area contributed by atoms with Crippen LogP contribution in [0.15, 0.2) is 10.5 Å². The highest BCUT2D eigenvalue weighted by Gasteiger charge is 2.32. The second-order valence-corrected chi connectivity index (χ2v) is 9.53. The fourth-order valence-corrected chi connectivity index (χ4v) is 3.74. The average Bonchev–Trinajstić information content (AvgIpc) is 2.77. The van der Waals surface area contributed by atoms with Gasteiger partial charge in [-0.3, -0.25) is 0 Å². The molecule has 1 fully saturated rings. The zero-order valence-electron chi connectivity index (χ0n) is 15.6. The third kappa shape index (κ3) is 4.12. The van der Waals surface area contributed by atoms with Gasteiger partial charge in [0.25, 0.3) is 0 Å². The minimum Gasteiger partial charge on any atom is -0.462 e. The number of nitrogens with one attached hydrogen (secondary N) is 1. The molecule has 0 bridgehead atoms. The van der Waals surface area contributed by atoms with Gasteiger partial charge >= 0.3 is 0 Å². The summed E-state index contributed by atoms with van der Waals surface area (Å²) in [6, 6.07) is 2.95. The third-order valence-electron chi connectivity index (χ3n) is 4.90. The molecule has 23 heavy (non-hydrogen) atoms. The molecule has 2 aliphatic rings. The van der Waals surface area contributed by atoms with E-state index >= 15 is 0 Å². The summed E-state index contributed by atoms with van der Waals surface area (Å²) >= 11 is 0. The van der Waals surface area contributed by atoms with Crippen LogP contribution in [-0.4, -0.2) is 18.9 Å². The van der Waals surface area contributed by atoms with Crippen LogP contribution < -0.4 is 16.0 Å². The first-order valence-electron chi connectivity index (χ1n) is 9.05. The molecular formula is C20H31BNO. The van der Waals surface area contributed by atoms with E-state index in [1.165, 1.54) is 24.5 Å². The molecule has 1 atom stereocenters. The second kappa shape index (κ2) is 5.84. The van der Waals surface area contributed by atoms with Crippen molar-refractivity contribution >= 4 is 19.3 Å². The highest BCUT2D eigenvalue weighted by atomic mass is 16.3. The summed E-state index contributed by atoms with van der Waals surface area (Å²) in [5, 5.41) is 5.00. The molecule has 0 spiro atoms. The van der Waals surface area contributed by atoms with Gasteiger partial charge in [-0.1, -0.05) is 39.2 Å². The fourth-order valence-electron chi connectivity index (χ4n) is 3.74. The lowest BCUT2D eigenvalue weighted by Gasteiger charge is -2.41. The van der Waals surface area contributed by atoms with E-state index in [4.69, 9.17) is 4.42 Å². The molecule has 1 aliphatic heterocycles. The number of fused-ring (bicyclic) bond motifs is 1. The van der Waals surface area contributed by atoms with E-state index in [0.717, 1.165) is 17.1 Å². The van der Waals surface area contributed by atoms with Gasteiger partial charge in [-0.25, -0.2) is 0 Å². The summed E-state index contributed by atoms with van der Waals surface area (Å²) in [4.78, 5) is 0. The maximum Gasteiger partial charge on any atom is 0.154 e. The van der Waals surface area contributed by atoms with E-state index in [9.17, 15) is 0 Å². The Morgan fingerprint density at radius 1 is 1.17 bits per heavy atom. The number of furan rings is 1. The third-order valence-corrected chi connectivity index (χ3v) is 4.90. The lowest BCUT2D eigenvalue weighted by atomic mass is 9.57. The topological polar surface area (TPSA) is 25.2 Å². The first-order chi connectivity index (χ1) is 10.6. The van der Waals surface area contributed by atoms with Gasteiger partial charge in [0.1, 0.15) is 11.2 Å². The molecule has 0 amide bonds. The van der Waals surface area contributed by atoms with Gasteiger partial charge in [-0.05, 0) is 51.4 Å². The lowest BCUT2D eigenvalue weighted by Crippen LogP contribution is -2.50. The summed E-state index contributed by atoms with van der Waals surface area (Å²) < 4.78 is 6.01. The molecule has 2 heterocycles. The highest BCUT2D eigenvalue weighted by molar-refractivity contribution is 6.56. The van der Waals surface area contributed by atoms with Crippen LogP contribution in [0.4, 0.5) is 0 Å². The molecule has 0 saturated heterocycles. The Kier molecular flexibility index (Phi) is 4.29. The molecule has 1 aliphatic carbocycles. The molecule has 1 aromatic rings. The SMILES string of the molecule is CC(C)(C)NC1CC(CC2[B]C=c3oc(C(C)(C)C)cc3=C2)C1. The summed E-state index contributed by atoms with van der Waals surface area (Å²) in [7, 11) is 2.32. The Hall–Kier alpha value is -0.955. The highest BCUT2D eigenvalue weighted by Crippen LogP contribution is 2.36. The van der Waals surface area contributed by atoms with Crippen LogP contribution in [-0.2, 0) is 5.41 Å². The van der Waals surface area contributed by atoms with E-state index in [2.05, 4.69) is 72.3 Å². The van der Waals surface area contributed by atoms with Crippen molar-refractivity contribution in [2.24, 2.45) is 5.92 Å². The Morgan fingerprint density at radius 2 is 1.87 bits per heavy atom. The van der Waals surface area contributed by atoms with E-state index in [0.29, 0.717) is 11.9 Å².